The zero-order chi connectivity index (χ0) is 13.8. The Morgan fingerprint density at radius 1 is 1.05 bits per heavy atom. The van der Waals surface area contributed by atoms with E-state index in [2.05, 4.69) is 55.3 Å². The highest BCUT2D eigenvalue weighted by molar-refractivity contribution is 5.31. The van der Waals surface area contributed by atoms with E-state index in [1.165, 1.54) is 27.8 Å². The van der Waals surface area contributed by atoms with Crippen molar-refractivity contribution >= 4 is 0 Å². The molecule has 0 saturated heterocycles. The van der Waals surface area contributed by atoms with Gasteiger partial charge in [0.2, 0.25) is 0 Å². The number of hydrogen-bond acceptors (Lipinski definition) is 2. The van der Waals surface area contributed by atoms with Gasteiger partial charge in [0.05, 0.1) is 0 Å². The van der Waals surface area contributed by atoms with Crippen LogP contribution >= 0.6 is 0 Å². The van der Waals surface area contributed by atoms with Gasteiger partial charge in [0.25, 0.3) is 0 Å². The zero-order valence-electron chi connectivity index (χ0n) is 12.2. The van der Waals surface area contributed by atoms with Crippen LogP contribution in [0, 0.1) is 20.8 Å². The summed E-state index contributed by atoms with van der Waals surface area (Å²) in [5, 5.41) is 3.39. The summed E-state index contributed by atoms with van der Waals surface area (Å²) in [6, 6.07) is 9.22. The summed E-state index contributed by atoms with van der Waals surface area (Å²) in [7, 11) is 2.01. The Bertz CT molecular complexity index is 561. The molecule has 2 heteroatoms. The first-order valence-corrected chi connectivity index (χ1v) is 6.75. The van der Waals surface area contributed by atoms with Gasteiger partial charge in [0.1, 0.15) is 0 Å². The Morgan fingerprint density at radius 3 is 2.47 bits per heavy atom. The second-order valence-corrected chi connectivity index (χ2v) is 5.26. The molecule has 0 amide bonds. The van der Waals surface area contributed by atoms with Gasteiger partial charge in [-0.1, -0.05) is 24.3 Å². The predicted molar refractivity (Wildman–Crippen MR) is 80.4 cm³/mol. The lowest BCUT2D eigenvalue weighted by Crippen LogP contribution is -2.19. The van der Waals surface area contributed by atoms with Gasteiger partial charge in [-0.25, -0.2) is 0 Å². The van der Waals surface area contributed by atoms with E-state index >= 15 is 0 Å². The van der Waals surface area contributed by atoms with Gasteiger partial charge in [0, 0.05) is 18.4 Å². The van der Waals surface area contributed by atoms with Gasteiger partial charge in [0.15, 0.2) is 0 Å². The van der Waals surface area contributed by atoms with Gasteiger partial charge < -0.3 is 5.32 Å². The number of aromatic nitrogens is 1. The highest BCUT2D eigenvalue weighted by atomic mass is 14.9. The van der Waals surface area contributed by atoms with Crippen LogP contribution in [0.1, 0.15) is 33.9 Å². The predicted octanol–water partition coefficient (Wildman–Crippen LogP) is 3.51. The summed E-state index contributed by atoms with van der Waals surface area (Å²) in [6.45, 7) is 6.40. The number of nitrogens with zero attached hydrogens (tertiary/aromatic N) is 1. The minimum Gasteiger partial charge on any atom is -0.313 e. The van der Waals surface area contributed by atoms with Crippen molar-refractivity contribution in [3.8, 4) is 0 Å². The van der Waals surface area contributed by atoms with Crippen LogP contribution in [0.15, 0.2) is 36.7 Å². The van der Waals surface area contributed by atoms with Crippen molar-refractivity contribution in [2.75, 3.05) is 7.05 Å². The maximum Gasteiger partial charge on any atom is 0.0373 e. The lowest BCUT2D eigenvalue weighted by atomic mass is 9.97. The van der Waals surface area contributed by atoms with Gasteiger partial charge in [-0.3, -0.25) is 4.98 Å². The van der Waals surface area contributed by atoms with Crippen LogP contribution < -0.4 is 5.32 Å². The molecule has 1 atom stereocenters. The Kier molecular flexibility index (Phi) is 4.33. The van der Waals surface area contributed by atoms with E-state index in [-0.39, 0.29) is 0 Å². The number of hydrogen-bond donors (Lipinski definition) is 1. The molecule has 0 aliphatic carbocycles. The Labute approximate surface area is 115 Å². The number of likely N-dealkylation sites (N-methyl/N-ethyl adjacent to an activating group) is 1. The maximum absolute atomic E-state index is 4.29. The molecule has 2 aromatic rings. The molecular formula is C17H22N2. The lowest BCUT2D eigenvalue weighted by Gasteiger charge is -2.17. The average molecular weight is 254 g/mol. The molecule has 1 aromatic carbocycles. The summed E-state index contributed by atoms with van der Waals surface area (Å²) >= 11 is 0. The van der Waals surface area contributed by atoms with Crippen molar-refractivity contribution in [1.29, 1.82) is 0 Å². The number of pyridine rings is 1. The van der Waals surface area contributed by atoms with Crippen LogP contribution in [-0.2, 0) is 6.42 Å². The third-order valence-electron chi connectivity index (χ3n) is 3.66. The molecule has 1 aromatic heterocycles. The van der Waals surface area contributed by atoms with Gasteiger partial charge in [-0.15, -0.1) is 0 Å². The molecule has 0 fully saturated rings. The van der Waals surface area contributed by atoms with E-state index < -0.39 is 0 Å². The first kappa shape index (κ1) is 13.8. The first-order chi connectivity index (χ1) is 9.10. The van der Waals surface area contributed by atoms with Gasteiger partial charge in [-0.05, 0) is 62.1 Å². The van der Waals surface area contributed by atoms with Crippen LogP contribution in [0.4, 0.5) is 0 Å². The highest BCUT2D eigenvalue weighted by Gasteiger charge is 2.11. The SMILES string of the molecule is CNC(Cc1ccc(C)c(C)c1)c1cncc(C)c1. The second kappa shape index (κ2) is 5.98. The zero-order valence-corrected chi connectivity index (χ0v) is 12.2. The number of nitrogens with one attached hydrogen (secondary N) is 1. The van der Waals surface area contributed by atoms with Crippen molar-refractivity contribution in [1.82, 2.24) is 10.3 Å². The molecule has 0 saturated carbocycles. The molecule has 0 aliphatic heterocycles. The molecule has 2 rings (SSSR count). The van der Waals surface area contributed by atoms with E-state index in [4.69, 9.17) is 0 Å². The number of benzene rings is 1. The molecule has 1 unspecified atom stereocenters. The summed E-state index contributed by atoms with van der Waals surface area (Å²) in [5.41, 5.74) is 6.53. The second-order valence-electron chi connectivity index (χ2n) is 5.26. The molecule has 1 N–H and O–H groups in total. The third kappa shape index (κ3) is 3.42. The van der Waals surface area contributed by atoms with Crippen molar-refractivity contribution < 1.29 is 0 Å². The molecule has 0 radical (unpaired) electrons. The van der Waals surface area contributed by atoms with E-state index in [0.29, 0.717) is 6.04 Å². The van der Waals surface area contributed by atoms with Gasteiger partial charge in [-0.2, -0.15) is 0 Å². The number of aryl methyl sites for hydroxylation is 3. The van der Waals surface area contributed by atoms with Crippen molar-refractivity contribution in [3.05, 3.63) is 64.5 Å². The minimum absolute atomic E-state index is 0.314. The fourth-order valence-electron chi connectivity index (χ4n) is 2.32. The molecule has 100 valence electrons. The minimum atomic E-state index is 0.314. The van der Waals surface area contributed by atoms with Gasteiger partial charge >= 0.3 is 0 Å². The highest BCUT2D eigenvalue weighted by Crippen LogP contribution is 2.20. The Hall–Kier alpha value is -1.67. The monoisotopic (exact) mass is 254 g/mol. The van der Waals surface area contributed by atoms with Crippen molar-refractivity contribution in [2.45, 2.75) is 33.2 Å². The molecule has 0 spiro atoms. The lowest BCUT2D eigenvalue weighted by molar-refractivity contribution is 0.589. The third-order valence-corrected chi connectivity index (χ3v) is 3.66. The molecular weight excluding hydrogens is 232 g/mol. The van der Waals surface area contributed by atoms with Crippen LogP contribution in [0.2, 0.25) is 0 Å². The fraction of sp³-hybridized carbons (Fsp3) is 0.353. The van der Waals surface area contributed by atoms with E-state index in [1.807, 2.05) is 19.4 Å². The normalized spacial score (nSPS) is 12.4. The van der Waals surface area contributed by atoms with Crippen molar-refractivity contribution in [3.63, 3.8) is 0 Å². The van der Waals surface area contributed by atoms with E-state index in [1.54, 1.807) is 0 Å². The summed E-state index contributed by atoms with van der Waals surface area (Å²) in [6.07, 6.45) is 4.84. The van der Waals surface area contributed by atoms with Crippen molar-refractivity contribution in [2.24, 2.45) is 0 Å². The summed E-state index contributed by atoms with van der Waals surface area (Å²) < 4.78 is 0. The Morgan fingerprint density at radius 2 is 1.84 bits per heavy atom. The van der Waals surface area contributed by atoms with E-state index in [0.717, 1.165) is 6.42 Å². The fourth-order valence-corrected chi connectivity index (χ4v) is 2.32. The standard InChI is InChI=1S/C17H22N2/c1-12-7-16(11-19-10-12)17(18-4)9-15-6-5-13(2)14(3)8-15/h5-8,10-11,17-18H,9H2,1-4H3. The molecule has 1 heterocycles. The van der Waals surface area contributed by atoms with Crippen LogP contribution in [-0.4, -0.2) is 12.0 Å². The first-order valence-electron chi connectivity index (χ1n) is 6.75. The smallest absolute Gasteiger partial charge is 0.0373 e. The largest absolute Gasteiger partial charge is 0.313 e. The van der Waals surface area contributed by atoms with Crippen LogP contribution in [0.3, 0.4) is 0 Å². The average Bonchev–Trinajstić information content (AvgIpc) is 2.40. The molecule has 2 nitrogen and oxygen atoms in total. The summed E-state index contributed by atoms with van der Waals surface area (Å²) in [5.74, 6) is 0. The molecule has 19 heavy (non-hydrogen) atoms. The molecule has 0 bridgehead atoms. The Balaban J connectivity index is 2.21. The maximum atomic E-state index is 4.29. The quantitative estimate of drug-likeness (QED) is 0.903. The topological polar surface area (TPSA) is 24.9 Å². The number of rotatable bonds is 4. The van der Waals surface area contributed by atoms with E-state index in [9.17, 15) is 0 Å². The molecule has 0 aliphatic rings. The summed E-state index contributed by atoms with van der Waals surface area (Å²) in [4.78, 5) is 4.29. The van der Waals surface area contributed by atoms with Crippen LogP contribution in [0.5, 0.6) is 0 Å². The van der Waals surface area contributed by atoms with Crippen LogP contribution in [0.25, 0.3) is 0 Å².